The predicted octanol–water partition coefficient (Wildman–Crippen LogP) is 5.31. The standard InChI is InChI=1S/C22H17ClF3N8S/c1-32-9-7-29-21(32)35-18-6-5-16(12-17(18)23)33(15-4-2-3-14(11-15)22(24,25)26)20-30-19-13-28-8-10-34(19,27)31-20/h2-13H,27H2,1H3/q+1. The monoisotopic (exact) mass is 517 g/mol. The molecule has 3 heterocycles. The minimum Gasteiger partial charge on any atom is -0.329 e. The molecule has 178 valence electrons. The Kier molecular flexibility index (Phi) is 5.75. The third kappa shape index (κ3) is 4.48. The molecule has 2 N–H and O–H groups in total. The van der Waals surface area contributed by atoms with Gasteiger partial charge in [0.1, 0.15) is 6.21 Å². The lowest BCUT2D eigenvalue weighted by atomic mass is 10.1. The minimum atomic E-state index is -4.53. The number of amidine groups is 1. The lowest BCUT2D eigenvalue weighted by Gasteiger charge is -2.23. The quantitative estimate of drug-likeness (QED) is 0.375. The third-order valence-electron chi connectivity index (χ3n) is 5.19. The van der Waals surface area contributed by atoms with Gasteiger partial charge in [-0.2, -0.15) is 13.2 Å². The molecule has 2 aliphatic heterocycles. The molecule has 8 nitrogen and oxygen atoms in total. The van der Waals surface area contributed by atoms with Crippen molar-refractivity contribution >= 4 is 52.7 Å². The Bertz CT molecular complexity index is 1430. The largest absolute Gasteiger partial charge is 0.416 e. The maximum atomic E-state index is 13.5. The second-order valence-electron chi connectivity index (χ2n) is 7.61. The van der Waals surface area contributed by atoms with Gasteiger partial charge in [0.25, 0.3) is 5.96 Å². The zero-order valence-corrected chi connectivity index (χ0v) is 19.6. The molecule has 1 atom stereocenters. The van der Waals surface area contributed by atoms with Gasteiger partial charge in [-0.15, -0.1) is 10.8 Å². The number of quaternary nitrogens is 1. The average Bonchev–Trinajstić information content (AvgIpc) is 3.37. The van der Waals surface area contributed by atoms with Crippen molar-refractivity contribution in [1.82, 2.24) is 9.55 Å². The van der Waals surface area contributed by atoms with E-state index >= 15 is 0 Å². The van der Waals surface area contributed by atoms with Crippen LogP contribution in [0.5, 0.6) is 0 Å². The van der Waals surface area contributed by atoms with Crippen molar-refractivity contribution in [3.63, 3.8) is 0 Å². The minimum absolute atomic E-state index is 0.0837. The van der Waals surface area contributed by atoms with E-state index in [9.17, 15) is 13.2 Å². The molecule has 0 aliphatic carbocycles. The number of benzene rings is 2. The average molecular weight is 518 g/mol. The second kappa shape index (κ2) is 8.64. The number of rotatable bonds is 4. The first kappa shape index (κ1) is 23.3. The topological polar surface area (TPSA) is 84.2 Å². The number of hydrogen-bond donors (Lipinski definition) is 1. The highest BCUT2D eigenvalue weighted by molar-refractivity contribution is 7.99. The highest BCUT2D eigenvalue weighted by Gasteiger charge is 2.40. The molecule has 2 aliphatic rings. The van der Waals surface area contributed by atoms with E-state index in [1.165, 1.54) is 47.4 Å². The number of guanidine groups is 1. The summed E-state index contributed by atoms with van der Waals surface area (Å²) in [6.45, 7) is 0. The number of aliphatic imine (C=N–C) groups is 2. The van der Waals surface area contributed by atoms with E-state index in [4.69, 9.17) is 17.4 Å². The first-order valence-corrected chi connectivity index (χ1v) is 11.3. The number of nitrogens with two attached hydrogens (primary N) is 1. The Balaban J connectivity index is 1.60. The van der Waals surface area contributed by atoms with Crippen LogP contribution in [0.25, 0.3) is 0 Å². The summed E-state index contributed by atoms with van der Waals surface area (Å²) in [6.07, 6.45) is 3.39. The molecule has 0 fully saturated rings. The summed E-state index contributed by atoms with van der Waals surface area (Å²) in [5, 5.41) is 5.56. The van der Waals surface area contributed by atoms with E-state index < -0.39 is 16.4 Å². The summed E-state index contributed by atoms with van der Waals surface area (Å²) in [6, 6.07) is 10.0. The van der Waals surface area contributed by atoms with E-state index in [0.717, 1.165) is 22.2 Å². The molecule has 35 heavy (non-hydrogen) atoms. The van der Waals surface area contributed by atoms with Crippen LogP contribution in [0.4, 0.5) is 24.5 Å². The zero-order chi connectivity index (χ0) is 24.8. The summed E-state index contributed by atoms with van der Waals surface area (Å²) < 4.78 is 41.8. The van der Waals surface area contributed by atoms with Crippen LogP contribution < -0.4 is 10.7 Å². The van der Waals surface area contributed by atoms with Crippen molar-refractivity contribution in [2.45, 2.75) is 16.2 Å². The SMILES string of the molecule is Cn1ccnc1Sc1ccc(N(C2=N[N+]3(N)C=CN=CC3=N2)c2cccc(C(F)(F)F)c2)cc1Cl. The summed E-state index contributed by atoms with van der Waals surface area (Å²) in [4.78, 5) is 14.9. The van der Waals surface area contributed by atoms with Gasteiger partial charge in [0.15, 0.2) is 11.4 Å². The summed E-state index contributed by atoms with van der Waals surface area (Å²) in [5.74, 6) is 6.68. The first-order valence-electron chi connectivity index (χ1n) is 10.1. The summed E-state index contributed by atoms with van der Waals surface area (Å²) >= 11 is 7.95. The van der Waals surface area contributed by atoms with E-state index in [1.807, 2.05) is 17.8 Å². The molecule has 3 aromatic rings. The van der Waals surface area contributed by atoms with E-state index in [0.29, 0.717) is 16.5 Å². The smallest absolute Gasteiger partial charge is 0.329 e. The fourth-order valence-corrected chi connectivity index (χ4v) is 4.54. The number of nitrogens with zero attached hydrogens (tertiary/aromatic N) is 7. The van der Waals surface area contributed by atoms with Gasteiger partial charge in [0, 0.05) is 30.0 Å². The van der Waals surface area contributed by atoms with Crippen LogP contribution >= 0.6 is 23.4 Å². The van der Waals surface area contributed by atoms with Gasteiger partial charge in [-0.3, -0.25) is 9.89 Å². The van der Waals surface area contributed by atoms with E-state index in [-0.39, 0.29) is 11.6 Å². The molecular weight excluding hydrogens is 501 g/mol. The molecule has 0 bridgehead atoms. The number of hydrogen-bond acceptors (Lipinski definition) is 7. The van der Waals surface area contributed by atoms with Gasteiger partial charge in [0.2, 0.25) is 0 Å². The molecule has 0 saturated heterocycles. The highest BCUT2D eigenvalue weighted by Crippen LogP contribution is 2.39. The zero-order valence-electron chi connectivity index (χ0n) is 18.1. The maximum absolute atomic E-state index is 13.5. The van der Waals surface area contributed by atoms with Gasteiger partial charge < -0.3 is 4.57 Å². The Morgan fingerprint density at radius 2 is 1.94 bits per heavy atom. The fourth-order valence-electron chi connectivity index (χ4n) is 3.44. The van der Waals surface area contributed by atoms with Crippen molar-refractivity contribution < 1.29 is 17.9 Å². The molecule has 0 radical (unpaired) electrons. The molecule has 0 saturated carbocycles. The van der Waals surface area contributed by atoms with Crippen molar-refractivity contribution in [2.24, 2.45) is 28.0 Å². The van der Waals surface area contributed by atoms with Crippen molar-refractivity contribution in [2.75, 3.05) is 4.90 Å². The molecule has 13 heteroatoms. The fraction of sp³-hybridized carbons (Fsp3) is 0.0909. The van der Waals surface area contributed by atoms with Gasteiger partial charge in [-0.25, -0.2) is 4.98 Å². The Morgan fingerprint density at radius 1 is 1.14 bits per heavy atom. The van der Waals surface area contributed by atoms with Gasteiger partial charge >= 0.3 is 12.0 Å². The normalized spacial score (nSPS) is 18.9. The van der Waals surface area contributed by atoms with Crippen LogP contribution in [0.3, 0.4) is 0 Å². The predicted molar refractivity (Wildman–Crippen MR) is 129 cm³/mol. The highest BCUT2D eigenvalue weighted by atomic mass is 35.5. The number of alkyl halides is 3. The Hall–Kier alpha value is -3.45. The molecule has 1 aromatic heterocycles. The molecular formula is C22H17ClF3N8S+. The molecule has 0 spiro atoms. The van der Waals surface area contributed by atoms with E-state index in [1.54, 1.807) is 24.4 Å². The second-order valence-corrected chi connectivity index (χ2v) is 9.02. The van der Waals surface area contributed by atoms with Crippen LogP contribution in [0.15, 0.2) is 92.4 Å². The third-order valence-corrected chi connectivity index (χ3v) is 6.77. The lowest BCUT2D eigenvalue weighted by molar-refractivity contribution is -0.803. The molecule has 2 aromatic carbocycles. The van der Waals surface area contributed by atoms with Crippen molar-refractivity contribution in [1.29, 1.82) is 0 Å². The van der Waals surface area contributed by atoms with Gasteiger partial charge in [-0.1, -0.05) is 29.4 Å². The maximum Gasteiger partial charge on any atom is 0.416 e. The Morgan fingerprint density at radius 3 is 2.63 bits per heavy atom. The molecule has 0 amide bonds. The number of aryl methyl sites for hydroxylation is 1. The first-order chi connectivity index (χ1) is 16.6. The van der Waals surface area contributed by atoms with E-state index in [2.05, 4.69) is 20.1 Å². The summed E-state index contributed by atoms with van der Waals surface area (Å²) in [7, 11) is 1.86. The van der Waals surface area contributed by atoms with Crippen LogP contribution in [0.2, 0.25) is 5.02 Å². The number of anilines is 2. The number of halogens is 4. The van der Waals surface area contributed by atoms with Crippen LogP contribution in [-0.4, -0.2) is 32.3 Å². The van der Waals surface area contributed by atoms with Crippen LogP contribution in [0.1, 0.15) is 5.56 Å². The van der Waals surface area contributed by atoms with Gasteiger partial charge in [-0.05, 0) is 46.2 Å². The summed E-state index contributed by atoms with van der Waals surface area (Å²) in [5.41, 5.74) is -0.167. The molecule has 5 rings (SSSR count). The Labute approximate surface area is 207 Å². The lowest BCUT2D eigenvalue weighted by Crippen LogP contribution is -2.49. The van der Waals surface area contributed by atoms with Crippen molar-refractivity contribution in [3.8, 4) is 0 Å². The number of fused-ring (bicyclic) bond motifs is 1. The number of imidazole rings is 1. The molecule has 1 unspecified atom stereocenters. The van der Waals surface area contributed by atoms with Crippen LogP contribution in [-0.2, 0) is 13.2 Å². The van der Waals surface area contributed by atoms with Crippen LogP contribution in [0, 0.1) is 0 Å². The number of aromatic nitrogens is 2. The van der Waals surface area contributed by atoms with Crippen molar-refractivity contribution in [3.05, 3.63) is 77.8 Å². The van der Waals surface area contributed by atoms with Gasteiger partial charge in [0.05, 0.1) is 22.5 Å².